The third-order valence-corrected chi connectivity index (χ3v) is 5.28. The van der Waals surface area contributed by atoms with Crippen LogP contribution in [0.15, 0.2) is 48.5 Å². The molecule has 0 heterocycles. The van der Waals surface area contributed by atoms with Gasteiger partial charge in [-0.15, -0.1) is 0 Å². The number of fused-ring (bicyclic) bond motifs is 8. The first-order chi connectivity index (χ1) is 10.3. The van der Waals surface area contributed by atoms with Gasteiger partial charge in [0.1, 0.15) is 0 Å². The minimum absolute atomic E-state index is 0.00806. The summed E-state index contributed by atoms with van der Waals surface area (Å²) in [6, 6.07) is 17.6. The molecular weight excluding hydrogens is 258 g/mol. The van der Waals surface area contributed by atoms with Gasteiger partial charge < -0.3 is 10.4 Å². The Labute approximate surface area is 125 Å². The van der Waals surface area contributed by atoms with E-state index in [9.17, 15) is 5.11 Å². The molecule has 0 spiro atoms. The molecule has 2 bridgehead atoms. The third-order valence-electron chi connectivity index (χ3n) is 5.28. The van der Waals surface area contributed by atoms with Crippen molar-refractivity contribution in [1.82, 2.24) is 5.32 Å². The Morgan fingerprint density at radius 1 is 1.10 bits per heavy atom. The standard InChI is InChI=1S/C19H21NO/c1-20-12-13(21)10-19-11-16(14-6-2-4-8-17(14)19)15-7-3-5-9-18(15)19/h2-9,13,16,20-21H,10-12H2,1H3/t13-,16?,19?/m0/s1. The average molecular weight is 279 g/mol. The van der Waals surface area contributed by atoms with Crippen LogP contribution in [0.4, 0.5) is 0 Å². The van der Waals surface area contributed by atoms with E-state index in [1.165, 1.54) is 22.3 Å². The van der Waals surface area contributed by atoms with E-state index in [1.54, 1.807) is 0 Å². The summed E-state index contributed by atoms with van der Waals surface area (Å²) in [4.78, 5) is 0. The zero-order valence-electron chi connectivity index (χ0n) is 12.3. The monoisotopic (exact) mass is 279 g/mol. The van der Waals surface area contributed by atoms with E-state index in [2.05, 4.69) is 53.8 Å². The topological polar surface area (TPSA) is 32.3 Å². The summed E-state index contributed by atoms with van der Waals surface area (Å²) < 4.78 is 0. The quantitative estimate of drug-likeness (QED) is 0.902. The Bertz CT molecular complexity index is 631. The molecule has 2 aromatic rings. The van der Waals surface area contributed by atoms with Gasteiger partial charge in [-0.25, -0.2) is 0 Å². The van der Waals surface area contributed by atoms with Crippen LogP contribution in [0, 0.1) is 0 Å². The Hall–Kier alpha value is -1.64. The second-order valence-corrected chi connectivity index (χ2v) is 6.43. The second kappa shape index (κ2) is 4.69. The van der Waals surface area contributed by atoms with Gasteiger partial charge in [-0.2, -0.15) is 0 Å². The molecule has 0 saturated carbocycles. The fourth-order valence-corrected chi connectivity index (χ4v) is 4.59. The Morgan fingerprint density at radius 2 is 1.67 bits per heavy atom. The molecule has 21 heavy (non-hydrogen) atoms. The van der Waals surface area contributed by atoms with Crippen molar-refractivity contribution in [3.8, 4) is 0 Å². The van der Waals surface area contributed by atoms with Crippen LogP contribution in [0.5, 0.6) is 0 Å². The molecule has 108 valence electrons. The van der Waals surface area contributed by atoms with E-state index in [1.807, 2.05) is 7.05 Å². The smallest absolute Gasteiger partial charge is 0.0676 e. The molecule has 0 aromatic heterocycles. The molecule has 2 aliphatic carbocycles. The maximum atomic E-state index is 10.4. The zero-order chi connectivity index (χ0) is 14.4. The maximum absolute atomic E-state index is 10.4. The van der Waals surface area contributed by atoms with Crippen molar-refractivity contribution in [3.63, 3.8) is 0 Å². The first-order valence-corrected chi connectivity index (χ1v) is 7.78. The van der Waals surface area contributed by atoms with Crippen LogP contribution in [0.1, 0.15) is 41.0 Å². The number of likely N-dealkylation sites (N-methyl/N-ethyl adjacent to an activating group) is 1. The molecule has 0 radical (unpaired) electrons. The molecule has 0 unspecified atom stereocenters. The van der Waals surface area contributed by atoms with E-state index in [4.69, 9.17) is 0 Å². The van der Waals surface area contributed by atoms with Crippen LogP contribution >= 0.6 is 0 Å². The second-order valence-electron chi connectivity index (χ2n) is 6.43. The summed E-state index contributed by atoms with van der Waals surface area (Å²) in [7, 11) is 1.90. The van der Waals surface area contributed by atoms with Gasteiger partial charge in [0.25, 0.3) is 0 Å². The minimum atomic E-state index is -0.312. The molecule has 0 fully saturated rings. The van der Waals surface area contributed by atoms with Crippen molar-refractivity contribution in [2.24, 2.45) is 0 Å². The Balaban J connectivity index is 1.86. The number of aliphatic hydroxyl groups excluding tert-OH is 1. The summed E-state index contributed by atoms with van der Waals surface area (Å²) >= 11 is 0. The van der Waals surface area contributed by atoms with Gasteiger partial charge in [-0.05, 0) is 42.1 Å². The van der Waals surface area contributed by atoms with Crippen LogP contribution in [0.3, 0.4) is 0 Å². The van der Waals surface area contributed by atoms with E-state index < -0.39 is 0 Å². The minimum Gasteiger partial charge on any atom is -0.392 e. The number of nitrogens with one attached hydrogen (secondary N) is 1. The highest BCUT2D eigenvalue weighted by Crippen LogP contribution is 2.61. The summed E-state index contributed by atoms with van der Waals surface area (Å²) in [6.45, 7) is 0.650. The number of hydrogen-bond donors (Lipinski definition) is 2. The summed E-state index contributed by atoms with van der Waals surface area (Å²) in [5.74, 6) is 0.513. The van der Waals surface area contributed by atoms with Crippen molar-refractivity contribution in [2.75, 3.05) is 13.6 Å². The van der Waals surface area contributed by atoms with Crippen molar-refractivity contribution < 1.29 is 5.11 Å². The third kappa shape index (κ3) is 1.73. The fraction of sp³-hybridized carbons (Fsp3) is 0.368. The van der Waals surface area contributed by atoms with Gasteiger partial charge in [0.2, 0.25) is 0 Å². The van der Waals surface area contributed by atoms with Gasteiger partial charge in [0.05, 0.1) is 6.10 Å². The number of hydrogen-bond acceptors (Lipinski definition) is 2. The van der Waals surface area contributed by atoms with Gasteiger partial charge >= 0.3 is 0 Å². The predicted molar refractivity (Wildman–Crippen MR) is 84.7 cm³/mol. The lowest BCUT2D eigenvalue weighted by Crippen LogP contribution is -2.34. The molecule has 2 heteroatoms. The molecule has 0 amide bonds. The maximum Gasteiger partial charge on any atom is 0.0676 e. The van der Waals surface area contributed by atoms with E-state index in [0.29, 0.717) is 12.5 Å². The molecule has 2 aliphatic rings. The van der Waals surface area contributed by atoms with Crippen molar-refractivity contribution in [2.45, 2.75) is 30.3 Å². The SMILES string of the molecule is CNC[C@@H](O)CC12CC(c3ccccc31)c1ccccc12. The largest absolute Gasteiger partial charge is 0.392 e. The summed E-state index contributed by atoms with van der Waals surface area (Å²) in [5.41, 5.74) is 5.81. The van der Waals surface area contributed by atoms with Gasteiger partial charge in [-0.3, -0.25) is 0 Å². The highest BCUT2D eigenvalue weighted by molar-refractivity contribution is 5.62. The van der Waals surface area contributed by atoms with Crippen LogP contribution in [-0.2, 0) is 5.41 Å². The normalized spacial score (nSPS) is 26.5. The molecular formula is C19H21NO. The lowest BCUT2D eigenvalue weighted by Gasteiger charge is -2.33. The fourth-order valence-electron chi connectivity index (χ4n) is 4.59. The van der Waals surface area contributed by atoms with E-state index in [-0.39, 0.29) is 11.5 Å². The molecule has 2 nitrogen and oxygen atoms in total. The van der Waals surface area contributed by atoms with Gasteiger partial charge in [0, 0.05) is 17.9 Å². The highest BCUT2D eigenvalue weighted by atomic mass is 16.3. The highest BCUT2D eigenvalue weighted by Gasteiger charge is 2.52. The molecule has 1 atom stereocenters. The average Bonchev–Trinajstić information content (AvgIpc) is 3.00. The van der Waals surface area contributed by atoms with E-state index >= 15 is 0 Å². The first-order valence-electron chi connectivity index (χ1n) is 7.78. The van der Waals surface area contributed by atoms with Crippen LogP contribution in [0.25, 0.3) is 0 Å². The van der Waals surface area contributed by atoms with Crippen molar-refractivity contribution in [1.29, 1.82) is 0 Å². The molecule has 2 aromatic carbocycles. The number of benzene rings is 2. The Kier molecular flexibility index (Phi) is 2.91. The zero-order valence-corrected chi connectivity index (χ0v) is 12.3. The lowest BCUT2D eigenvalue weighted by atomic mass is 9.72. The molecule has 0 aliphatic heterocycles. The predicted octanol–water partition coefficient (Wildman–Crippen LogP) is 2.79. The lowest BCUT2D eigenvalue weighted by molar-refractivity contribution is 0.141. The first kappa shape index (κ1) is 13.1. The number of aliphatic hydroxyl groups is 1. The molecule has 4 rings (SSSR count). The van der Waals surface area contributed by atoms with Crippen LogP contribution < -0.4 is 5.32 Å². The van der Waals surface area contributed by atoms with Gasteiger partial charge in [0.15, 0.2) is 0 Å². The van der Waals surface area contributed by atoms with Crippen molar-refractivity contribution in [3.05, 3.63) is 70.8 Å². The summed E-state index contributed by atoms with van der Waals surface area (Å²) in [5, 5.41) is 13.5. The number of rotatable bonds is 4. The van der Waals surface area contributed by atoms with Crippen LogP contribution in [-0.4, -0.2) is 24.8 Å². The molecule has 0 saturated heterocycles. The summed E-state index contributed by atoms with van der Waals surface area (Å²) in [6.07, 6.45) is 1.61. The van der Waals surface area contributed by atoms with Gasteiger partial charge in [-0.1, -0.05) is 48.5 Å². The van der Waals surface area contributed by atoms with E-state index in [0.717, 1.165) is 12.8 Å². The van der Waals surface area contributed by atoms with Crippen LogP contribution in [0.2, 0.25) is 0 Å². The van der Waals surface area contributed by atoms with Crippen molar-refractivity contribution >= 4 is 0 Å². The Morgan fingerprint density at radius 3 is 2.24 bits per heavy atom. The molecule has 2 N–H and O–H groups in total.